The number of esters is 3. The zero-order valence-corrected chi connectivity index (χ0v) is 40.5. The summed E-state index contributed by atoms with van der Waals surface area (Å²) in [7, 11) is 0. The van der Waals surface area contributed by atoms with Crippen LogP contribution in [0, 0.1) is 0 Å². The van der Waals surface area contributed by atoms with Gasteiger partial charge in [0, 0.05) is 19.3 Å². The molecular weight excluding hydrogens is 793 g/mol. The summed E-state index contributed by atoms with van der Waals surface area (Å²) in [4.78, 5) is 38.0. The summed E-state index contributed by atoms with van der Waals surface area (Å²) < 4.78 is 16.7. The number of hydrogen-bond acceptors (Lipinski definition) is 6. The predicted octanol–water partition coefficient (Wildman–Crippen LogP) is 16.5. The van der Waals surface area contributed by atoms with Gasteiger partial charge in [0.15, 0.2) is 6.10 Å². The molecule has 0 aliphatic rings. The summed E-state index contributed by atoms with van der Waals surface area (Å²) in [5, 5.41) is 0. The molecule has 0 rings (SSSR count). The van der Waals surface area contributed by atoms with Gasteiger partial charge in [0.05, 0.1) is 0 Å². The monoisotopic (exact) mass is 881 g/mol. The molecule has 0 aromatic carbocycles. The highest BCUT2D eigenvalue weighted by Gasteiger charge is 2.19. The third kappa shape index (κ3) is 48.3. The minimum absolute atomic E-state index is 0.116. The van der Waals surface area contributed by atoms with E-state index in [1.165, 1.54) is 19.3 Å². The minimum atomic E-state index is -0.818. The molecule has 0 aromatic heterocycles. The molecule has 1 unspecified atom stereocenters. The zero-order valence-electron chi connectivity index (χ0n) is 40.5. The average molecular weight is 881 g/mol. The Labute approximate surface area is 391 Å². The summed E-state index contributed by atoms with van der Waals surface area (Å²) in [6, 6.07) is 0. The zero-order chi connectivity index (χ0) is 46.5. The van der Waals surface area contributed by atoms with E-state index in [1.54, 1.807) is 0 Å². The van der Waals surface area contributed by atoms with Crippen LogP contribution in [0.5, 0.6) is 0 Å². The van der Waals surface area contributed by atoms with Crippen molar-refractivity contribution in [1.29, 1.82) is 0 Å². The molecule has 0 N–H and O–H groups in total. The van der Waals surface area contributed by atoms with E-state index in [0.717, 1.165) is 122 Å². The number of ether oxygens (including phenoxy) is 3. The maximum Gasteiger partial charge on any atom is 0.306 e. The molecular formula is C58H88O6. The molecule has 6 nitrogen and oxygen atoms in total. The Hall–Kier alpha value is -4.71. The second-order valence-corrected chi connectivity index (χ2v) is 15.8. The van der Waals surface area contributed by atoms with E-state index >= 15 is 0 Å². The Morgan fingerprint density at radius 3 is 1.08 bits per heavy atom. The van der Waals surface area contributed by atoms with E-state index in [0.29, 0.717) is 19.3 Å². The Kier molecular flexibility index (Phi) is 47.2. The normalized spacial score (nSPS) is 13.4. The summed E-state index contributed by atoms with van der Waals surface area (Å²) in [5.41, 5.74) is 0. The molecule has 0 saturated heterocycles. The van der Waals surface area contributed by atoms with Crippen LogP contribution in [0.25, 0.3) is 0 Å². The van der Waals surface area contributed by atoms with Crippen LogP contribution in [0.1, 0.15) is 181 Å². The van der Waals surface area contributed by atoms with Gasteiger partial charge in [-0.25, -0.2) is 0 Å². The van der Waals surface area contributed by atoms with Crippen molar-refractivity contribution in [3.63, 3.8) is 0 Å². The molecule has 0 bridgehead atoms. The van der Waals surface area contributed by atoms with Gasteiger partial charge < -0.3 is 14.2 Å². The Morgan fingerprint density at radius 2 is 0.641 bits per heavy atom. The third-order valence-corrected chi connectivity index (χ3v) is 9.79. The maximum absolute atomic E-state index is 12.8. The lowest BCUT2D eigenvalue weighted by molar-refractivity contribution is -0.167. The van der Waals surface area contributed by atoms with Gasteiger partial charge in [-0.1, -0.05) is 218 Å². The van der Waals surface area contributed by atoms with E-state index in [9.17, 15) is 14.4 Å². The van der Waals surface area contributed by atoms with Crippen molar-refractivity contribution in [2.45, 2.75) is 187 Å². The minimum Gasteiger partial charge on any atom is -0.462 e. The van der Waals surface area contributed by atoms with Gasteiger partial charge in [-0.2, -0.15) is 0 Å². The lowest BCUT2D eigenvalue weighted by atomic mass is 10.1. The van der Waals surface area contributed by atoms with Crippen LogP contribution in [-0.4, -0.2) is 37.2 Å². The van der Waals surface area contributed by atoms with Gasteiger partial charge in [-0.3, -0.25) is 14.4 Å². The van der Waals surface area contributed by atoms with Crippen molar-refractivity contribution in [1.82, 2.24) is 0 Å². The molecule has 64 heavy (non-hydrogen) atoms. The molecule has 0 saturated carbocycles. The van der Waals surface area contributed by atoms with Gasteiger partial charge >= 0.3 is 17.9 Å². The lowest BCUT2D eigenvalue weighted by Gasteiger charge is -2.18. The molecule has 356 valence electrons. The van der Waals surface area contributed by atoms with E-state index < -0.39 is 6.10 Å². The molecule has 0 amide bonds. The predicted molar refractivity (Wildman–Crippen MR) is 274 cm³/mol. The third-order valence-electron chi connectivity index (χ3n) is 9.79. The fourth-order valence-corrected chi connectivity index (χ4v) is 6.13. The highest BCUT2D eigenvalue weighted by molar-refractivity contribution is 5.71. The number of rotatable bonds is 42. The number of allylic oxidation sites excluding steroid dienone is 24. The van der Waals surface area contributed by atoms with E-state index in [-0.39, 0.29) is 31.1 Å². The first kappa shape index (κ1) is 59.3. The van der Waals surface area contributed by atoms with Crippen molar-refractivity contribution in [2.75, 3.05) is 13.2 Å². The van der Waals surface area contributed by atoms with Gasteiger partial charge in [0.2, 0.25) is 0 Å². The fraction of sp³-hybridized carbons (Fsp3) is 0.534. The maximum atomic E-state index is 12.8. The quantitative estimate of drug-likeness (QED) is 0.0200. The average Bonchev–Trinajstić information content (AvgIpc) is 3.29. The molecule has 6 heteroatoms. The number of hydrogen-bond donors (Lipinski definition) is 0. The molecule has 1 atom stereocenters. The highest BCUT2D eigenvalue weighted by Crippen LogP contribution is 2.13. The van der Waals surface area contributed by atoms with Crippen LogP contribution in [0.15, 0.2) is 146 Å². The summed E-state index contributed by atoms with van der Waals surface area (Å²) in [5.74, 6) is -1.01. The summed E-state index contributed by atoms with van der Waals surface area (Å²) >= 11 is 0. The fourth-order valence-electron chi connectivity index (χ4n) is 6.13. The van der Waals surface area contributed by atoms with E-state index in [1.807, 2.05) is 60.8 Å². The molecule has 0 heterocycles. The largest absolute Gasteiger partial charge is 0.462 e. The smallest absolute Gasteiger partial charge is 0.306 e. The lowest BCUT2D eigenvalue weighted by Crippen LogP contribution is -2.30. The molecule has 0 fully saturated rings. The van der Waals surface area contributed by atoms with Crippen LogP contribution < -0.4 is 0 Å². The number of carbonyl (C=O) groups excluding carboxylic acids is 3. The van der Waals surface area contributed by atoms with E-state index in [2.05, 4.69) is 106 Å². The first-order valence-corrected chi connectivity index (χ1v) is 25.0. The van der Waals surface area contributed by atoms with Crippen molar-refractivity contribution in [3.8, 4) is 0 Å². The SMILES string of the molecule is CC\C=C/C=C\C=C/C=C\C=C\C=C/CCCCCC(=O)OCC(COC(=O)CCCCCC/C=C\C/C=C\C/C=C\CC)OC(=O)CCCCCCCCC\C=C/C=C\C=C/CC. The molecule has 0 aliphatic heterocycles. The van der Waals surface area contributed by atoms with Gasteiger partial charge in [0.25, 0.3) is 0 Å². The van der Waals surface area contributed by atoms with Crippen molar-refractivity contribution in [3.05, 3.63) is 146 Å². The summed E-state index contributed by atoms with van der Waals surface area (Å²) in [6.07, 6.45) is 72.5. The van der Waals surface area contributed by atoms with Crippen molar-refractivity contribution < 1.29 is 28.6 Å². The molecule has 0 radical (unpaired) electrons. The van der Waals surface area contributed by atoms with Crippen molar-refractivity contribution in [2.24, 2.45) is 0 Å². The Morgan fingerprint density at radius 1 is 0.328 bits per heavy atom. The topological polar surface area (TPSA) is 78.9 Å². The number of unbranched alkanes of at least 4 members (excludes halogenated alkanes) is 14. The Balaban J connectivity index is 4.57. The van der Waals surface area contributed by atoms with Crippen LogP contribution in [0.3, 0.4) is 0 Å². The van der Waals surface area contributed by atoms with Gasteiger partial charge in [-0.05, 0) is 89.9 Å². The number of carbonyl (C=O) groups is 3. The van der Waals surface area contributed by atoms with Crippen LogP contribution in [0.2, 0.25) is 0 Å². The molecule has 0 aromatic rings. The second kappa shape index (κ2) is 50.9. The first-order chi connectivity index (χ1) is 31.5. The van der Waals surface area contributed by atoms with Crippen LogP contribution in [0.4, 0.5) is 0 Å². The first-order valence-electron chi connectivity index (χ1n) is 25.0. The van der Waals surface area contributed by atoms with Gasteiger partial charge in [-0.15, -0.1) is 0 Å². The standard InChI is InChI=1S/C58H88O6/c1-4-7-10-13-16-19-22-25-28-29-31-33-36-39-42-45-48-51-57(60)63-54-55(53-62-56(59)50-47-44-41-38-35-32-27-24-21-18-15-12-9-6-3)64-58(61)52-49-46-43-40-37-34-30-26-23-20-17-14-11-8-5-2/h7-14,16-23,25,27-29,31-33,36,55H,4-6,15,24,26,30,34-35,37-54H2,1-3H3/b10-7-,11-8-,12-9-,16-13-,17-14-,21-18-,22-19-,23-20-,28-25-,31-29+,32-27-,36-33-. The van der Waals surface area contributed by atoms with Gasteiger partial charge in [0.1, 0.15) is 13.2 Å². The summed E-state index contributed by atoms with van der Waals surface area (Å²) in [6.45, 7) is 6.15. The molecule has 0 aliphatic carbocycles. The van der Waals surface area contributed by atoms with Crippen molar-refractivity contribution >= 4 is 17.9 Å². The van der Waals surface area contributed by atoms with Crippen LogP contribution >= 0.6 is 0 Å². The van der Waals surface area contributed by atoms with Crippen LogP contribution in [-0.2, 0) is 28.6 Å². The van der Waals surface area contributed by atoms with E-state index in [4.69, 9.17) is 14.2 Å². The second-order valence-electron chi connectivity index (χ2n) is 15.8. The highest BCUT2D eigenvalue weighted by atomic mass is 16.6. The Bertz CT molecular complexity index is 1480. The molecule has 0 spiro atoms.